The van der Waals surface area contributed by atoms with E-state index in [4.69, 9.17) is 5.73 Å². The smallest absolute Gasteiger partial charge is 0.156 e. The summed E-state index contributed by atoms with van der Waals surface area (Å²) in [6, 6.07) is -0.454. The van der Waals surface area contributed by atoms with E-state index in [0.29, 0.717) is 6.42 Å². The minimum Gasteiger partial charge on any atom is -0.321 e. The van der Waals surface area contributed by atoms with Crippen LogP contribution < -0.4 is 5.73 Å². The Kier molecular flexibility index (Phi) is 4.15. The minimum atomic E-state index is -0.454. The molecule has 1 atom stereocenters. The Hall–Kier alpha value is -0.680. The second-order valence-corrected chi connectivity index (χ2v) is 6.25. The molecule has 0 aromatic carbocycles. The van der Waals surface area contributed by atoms with Crippen LogP contribution in [0.2, 0.25) is 0 Å². The Labute approximate surface area is 111 Å². The van der Waals surface area contributed by atoms with Crippen LogP contribution in [0.25, 0.3) is 0 Å². The van der Waals surface area contributed by atoms with Gasteiger partial charge in [0.1, 0.15) is 0 Å². The van der Waals surface area contributed by atoms with Crippen LogP contribution in [0.5, 0.6) is 0 Å². The van der Waals surface area contributed by atoms with E-state index >= 15 is 0 Å². The maximum absolute atomic E-state index is 12.1. The summed E-state index contributed by atoms with van der Waals surface area (Å²) < 4.78 is 2.63. The molecular formula is C12H20BrN3O. The molecule has 5 heteroatoms. The third kappa shape index (κ3) is 3.16. The van der Waals surface area contributed by atoms with Gasteiger partial charge in [-0.3, -0.25) is 9.48 Å². The molecule has 0 spiro atoms. The molecule has 0 aliphatic rings. The van der Waals surface area contributed by atoms with Crippen molar-refractivity contribution in [3.63, 3.8) is 0 Å². The summed E-state index contributed by atoms with van der Waals surface area (Å²) in [6.07, 6.45) is 0.316. The number of hydrogen-bond donors (Lipinski definition) is 1. The van der Waals surface area contributed by atoms with Crippen LogP contribution >= 0.6 is 15.9 Å². The number of nitrogens with two attached hydrogens (primary N) is 1. The summed E-state index contributed by atoms with van der Waals surface area (Å²) in [5.41, 5.74) is 7.51. The lowest BCUT2D eigenvalue weighted by atomic mass is 9.84. The number of aromatic nitrogens is 2. The van der Waals surface area contributed by atoms with Crippen LogP contribution in [-0.4, -0.2) is 21.6 Å². The van der Waals surface area contributed by atoms with Crippen molar-refractivity contribution in [2.45, 2.75) is 40.2 Å². The molecule has 1 aromatic heterocycles. The van der Waals surface area contributed by atoms with Gasteiger partial charge < -0.3 is 5.73 Å². The van der Waals surface area contributed by atoms with E-state index in [1.54, 1.807) is 4.68 Å². The van der Waals surface area contributed by atoms with Crippen molar-refractivity contribution in [2.24, 2.45) is 18.2 Å². The molecule has 1 heterocycles. The van der Waals surface area contributed by atoms with E-state index in [-0.39, 0.29) is 11.2 Å². The lowest BCUT2D eigenvalue weighted by Gasteiger charge is -2.25. The Morgan fingerprint density at radius 3 is 2.41 bits per heavy atom. The summed E-state index contributed by atoms with van der Waals surface area (Å²) in [5.74, 6) is 0.0428. The van der Waals surface area contributed by atoms with Crippen molar-refractivity contribution >= 4 is 21.7 Å². The maximum Gasteiger partial charge on any atom is 0.156 e. The molecule has 0 bridgehead atoms. The molecule has 17 heavy (non-hydrogen) atoms. The number of halogens is 1. The normalized spacial score (nSPS) is 13.8. The lowest BCUT2D eigenvalue weighted by Crippen LogP contribution is -2.43. The highest BCUT2D eigenvalue weighted by molar-refractivity contribution is 9.10. The quantitative estimate of drug-likeness (QED) is 0.928. The molecule has 0 saturated carbocycles. The Morgan fingerprint density at radius 1 is 1.53 bits per heavy atom. The van der Waals surface area contributed by atoms with Crippen molar-refractivity contribution in [1.29, 1.82) is 0 Å². The minimum absolute atomic E-state index is 0.0428. The van der Waals surface area contributed by atoms with E-state index in [9.17, 15) is 4.79 Å². The van der Waals surface area contributed by atoms with Crippen molar-refractivity contribution < 1.29 is 4.79 Å². The molecule has 0 amide bonds. The first kappa shape index (κ1) is 14.4. The molecule has 0 saturated heterocycles. The number of carbonyl (C=O) groups is 1. The SMILES string of the molecule is Cc1nn(C)c(CC(=O)C(N)C(C)(C)C)c1Br. The van der Waals surface area contributed by atoms with Crippen molar-refractivity contribution in [3.05, 3.63) is 15.9 Å². The van der Waals surface area contributed by atoms with E-state index in [1.807, 2.05) is 34.7 Å². The fraction of sp³-hybridized carbons (Fsp3) is 0.667. The van der Waals surface area contributed by atoms with Gasteiger partial charge in [-0.1, -0.05) is 20.8 Å². The van der Waals surface area contributed by atoms with Crippen LogP contribution in [0, 0.1) is 12.3 Å². The molecule has 1 rings (SSSR count). The molecule has 0 aliphatic heterocycles. The number of aryl methyl sites for hydroxylation is 2. The standard InChI is InChI=1S/C12H20BrN3O/c1-7-10(13)8(16(5)15-7)6-9(17)11(14)12(2,3)4/h11H,6,14H2,1-5H3. The van der Waals surface area contributed by atoms with Crippen molar-refractivity contribution in [1.82, 2.24) is 9.78 Å². The van der Waals surface area contributed by atoms with Crippen LogP contribution in [-0.2, 0) is 18.3 Å². The predicted octanol–water partition coefficient (Wildman–Crippen LogP) is 1.98. The first-order valence-electron chi connectivity index (χ1n) is 5.61. The van der Waals surface area contributed by atoms with E-state index in [2.05, 4.69) is 21.0 Å². The largest absolute Gasteiger partial charge is 0.321 e. The Balaban J connectivity index is 2.89. The van der Waals surface area contributed by atoms with E-state index in [1.165, 1.54) is 0 Å². The zero-order valence-electron chi connectivity index (χ0n) is 11.0. The van der Waals surface area contributed by atoms with E-state index < -0.39 is 6.04 Å². The molecule has 1 aromatic rings. The second-order valence-electron chi connectivity index (χ2n) is 5.46. The van der Waals surface area contributed by atoms with Gasteiger partial charge >= 0.3 is 0 Å². The van der Waals surface area contributed by atoms with Gasteiger partial charge in [0.15, 0.2) is 5.78 Å². The van der Waals surface area contributed by atoms with Gasteiger partial charge in [0.05, 0.1) is 28.3 Å². The molecule has 96 valence electrons. The number of Topliss-reactive ketones (excluding diaryl/α,β-unsaturated/α-hetero) is 1. The van der Waals surface area contributed by atoms with Crippen LogP contribution in [0.3, 0.4) is 0 Å². The van der Waals surface area contributed by atoms with Gasteiger partial charge in [-0.05, 0) is 28.3 Å². The first-order chi connectivity index (χ1) is 7.64. The molecule has 2 N–H and O–H groups in total. The third-order valence-electron chi connectivity index (χ3n) is 2.88. The molecule has 4 nitrogen and oxygen atoms in total. The summed E-state index contributed by atoms with van der Waals surface area (Å²) >= 11 is 3.45. The van der Waals surface area contributed by atoms with Crippen LogP contribution in [0.4, 0.5) is 0 Å². The monoisotopic (exact) mass is 301 g/mol. The lowest BCUT2D eigenvalue weighted by molar-refractivity contribution is -0.121. The van der Waals surface area contributed by atoms with Crippen molar-refractivity contribution in [2.75, 3.05) is 0 Å². The van der Waals surface area contributed by atoms with Gasteiger partial charge in [-0.25, -0.2) is 0 Å². The number of hydrogen-bond acceptors (Lipinski definition) is 3. The summed E-state index contributed by atoms with van der Waals surface area (Å²) in [4.78, 5) is 12.1. The number of rotatable bonds is 3. The van der Waals surface area contributed by atoms with Crippen LogP contribution in [0.15, 0.2) is 4.47 Å². The molecule has 0 aliphatic carbocycles. The second kappa shape index (κ2) is 4.90. The number of ketones is 1. The molecule has 0 radical (unpaired) electrons. The van der Waals surface area contributed by atoms with Crippen LogP contribution in [0.1, 0.15) is 32.2 Å². The average molecular weight is 302 g/mol. The summed E-state index contributed by atoms with van der Waals surface area (Å²) in [5, 5.41) is 4.26. The van der Waals surface area contributed by atoms with Gasteiger partial charge in [0.25, 0.3) is 0 Å². The van der Waals surface area contributed by atoms with Gasteiger partial charge in [0.2, 0.25) is 0 Å². The van der Waals surface area contributed by atoms with E-state index in [0.717, 1.165) is 15.9 Å². The zero-order valence-corrected chi connectivity index (χ0v) is 12.6. The number of carbonyl (C=O) groups excluding carboxylic acids is 1. The third-order valence-corrected chi connectivity index (χ3v) is 3.91. The van der Waals surface area contributed by atoms with Gasteiger partial charge in [0, 0.05) is 7.05 Å². The topological polar surface area (TPSA) is 60.9 Å². The molecule has 1 unspecified atom stereocenters. The highest BCUT2D eigenvalue weighted by Gasteiger charge is 2.28. The Bertz CT molecular complexity index is 432. The van der Waals surface area contributed by atoms with Gasteiger partial charge in [-0.2, -0.15) is 5.10 Å². The fourth-order valence-corrected chi connectivity index (χ4v) is 2.11. The predicted molar refractivity (Wildman–Crippen MR) is 71.8 cm³/mol. The Morgan fingerprint density at radius 2 is 2.06 bits per heavy atom. The van der Waals surface area contributed by atoms with Crippen molar-refractivity contribution in [3.8, 4) is 0 Å². The zero-order chi connectivity index (χ0) is 13.4. The highest BCUT2D eigenvalue weighted by atomic mass is 79.9. The molecular weight excluding hydrogens is 282 g/mol. The first-order valence-corrected chi connectivity index (χ1v) is 6.40. The summed E-state index contributed by atoms with van der Waals surface area (Å²) in [7, 11) is 1.84. The number of nitrogens with zero attached hydrogens (tertiary/aromatic N) is 2. The maximum atomic E-state index is 12.1. The molecule has 0 fully saturated rings. The fourth-order valence-electron chi connectivity index (χ4n) is 1.63. The van der Waals surface area contributed by atoms with Gasteiger partial charge in [-0.15, -0.1) is 0 Å². The highest BCUT2D eigenvalue weighted by Crippen LogP contribution is 2.23. The summed E-state index contributed by atoms with van der Waals surface area (Å²) in [6.45, 7) is 7.82. The average Bonchev–Trinajstić information content (AvgIpc) is 2.42.